The molecule has 3 aliphatic rings. The Balaban J connectivity index is 1.70. The van der Waals surface area contributed by atoms with Crippen LogP contribution in [0.1, 0.15) is 31.4 Å². The van der Waals surface area contributed by atoms with E-state index in [2.05, 4.69) is 48.4 Å². The van der Waals surface area contributed by atoms with Crippen LogP contribution in [-0.4, -0.2) is 82.7 Å². The van der Waals surface area contributed by atoms with E-state index in [1.807, 2.05) is 6.07 Å². The number of nitrogens with zero attached hydrogens (tertiary/aromatic N) is 5. The van der Waals surface area contributed by atoms with Gasteiger partial charge in [-0.3, -0.25) is 19.5 Å². The van der Waals surface area contributed by atoms with Crippen molar-refractivity contribution in [1.82, 2.24) is 14.7 Å². The third kappa shape index (κ3) is 3.78. The smallest absolute Gasteiger partial charge is 0.292 e. The summed E-state index contributed by atoms with van der Waals surface area (Å²) >= 11 is 0. The largest absolute Gasteiger partial charge is 0.333 e. The van der Waals surface area contributed by atoms with Crippen LogP contribution in [0.5, 0.6) is 0 Å². The first-order chi connectivity index (χ1) is 14.2. The number of aryl methyl sites for hydroxylation is 1. The van der Waals surface area contributed by atoms with Crippen LogP contribution in [0, 0.1) is 18.8 Å². The first-order valence-corrected chi connectivity index (χ1v) is 10.8. The quantitative estimate of drug-likeness (QED) is 0.715. The van der Waals surface area contributed by atoms with Crippen molar-refractivity contribution >= 4 is 23.6 Å². The summed E-state index contributed by atoms with van der Waals surface area (Å²) in [7, 11) is 3.25. The summed E-state index contributed by atoms with van der Waals surface area (Å²) in [6.07, 6.45) is 1.25. The molecule has 0 radical (unpaired) electrons. The number of piperidine rings is 1. The number of aliphatic imine (C=N–C) groups is 1. The van der Waals surface area contributed by atoms with E-state index in [1.54, 1.807) is 14.1 Å². The topological polar surface area (TPSA) is 59.2 Å². The highest BCUT2D eigenvalue weighted by Gasteiger charge is 2.53. The predicted molar refractivity (Wildman–Crippen MR) is 117 cm³/mol. The maximum atomic E-state index is 13.1. The van der Waals surface area contributed by atoms with Crippen molar-refractivity contribution in [2.75, 3.05) is 33.7 Å². The van der Waals surface area contributed by atoms with Crippen molar-refractivity contribution in [3.05, 3.63) is 35.4 Å². The van der Waals surface area contributed by atoms with E-state index in [4.69, 9.17) is 4.99 Å². The van der Waals surface area contributed by atoms with Gasteiger partial charge in [-0.2, -0.15) is 0 Å². The molecule has 0 saturated carbocycles. The normalized spacial score (nSPS) is 27.6. The van der Waals surface area contributed by atoms with E-state index in [1.165, 1.54) is 21.8 Å². The lowest BCUT2D eigenvalue weighted by atomic mass is 9.92. The molecule has 1 aromatic rings. The highest BCUT2D eigenvalue weighted by Crippen LogP contribution is 2.24. The lowest BCUT2D eigenvalue weighted by Gasteiger charge is -2.34. The van der Waals surface area contributed by atoms with E-state index in [9.17, 15) is 9.59 Å². The molecule has 160 valence electrons. The van der Waals surface area contributed by atoms with Crippen molar-refractivity contribution in [3.8, 4) is 0 Å². The Labute approximate surface area is 178 Å². The van der Waals surface area contributed by atoms with Crippen LogP contribution in [0.3, 0.4) is 0 Å². The molecule has 7 nitrogen and oxygen atoms in total. The number of hydrogen-bond donors (Lipinski definition) is 0. The molecule has 3 amide bonds. The fourth-order valence-electron chi connectivity index (χ4n) is 5.09. The zero-order valence-electron chi connectivity index (χ0n) is 18.6. The number of likely N-dealkylation sites (N-methyl/N-ethyl adjacent to an activating group) is 2. The second-order valence-corrected chi connectivity index (χ2v) is 9.28. The fourth-order valence-corrected chi connectivity index (χ4v) is 5.09. The number of amides is 3. The van der Waals surface area contributed by atoms with E-state index >= 15 is 0 Å². The van der Waals surface area contributed by atoms with Crippen LogP contribution < -0.4 is 0 Å². The minimum Gasteiger partial charge on any atom is -0.292 e. The number of rotatable bonds is 4. The molecule has 1 aromatic carbocycles. The zero-order valence-corrected chi connectivity index (χ0v) is 18.6. The van der Waals surface area contributed by atoms with E-state index in [-0.39, 0.29) is 11.9 Å². The number of imide groups is 1. The second kappa shape index (κ2) is 7.95. The number of amidine groups is 2. The number of urea groups is 1. The van der Waals surface area contributed by atoms with Gasteiger partial charge in [0.1, 0.15) is 13.1 Å². The molecule has 3 aliphatic heterocycles. The van der Waals surface area contributed by atoms with E-state index in [0.29, 0.717) is 30.8 Å². The lowest BCUT2D eigenvalue weighted by molar-refractivity contribution is -0.552. The Morgan fingerprint density at radius 3 is 2.47 bits per heavy atom. The summed E-state index contributed by atoms with van der Waals surface area (Å²) in [5.74, 6) is 2.51. The summed E-state index contributed by atoms with van der Waals surface area (Å²) in [5, 5.41) is 0. The van der Waals surface area contributed by atoms with Gasteiger partial charge < -0.3 is 0 Å². The van der Waals surface area contributed by atoms with Gasteiger partial charge in [-0.15, -0.1) is 0 Å². The maximum absolute atomic E-state index is 13.1. The van der Waals surface area contributed by atoms with Crippen molar-refractivity contribution in [1.29, 1.82) is 0 Å². The lowest BCUT2D eigenvalue weighted by Crippen LogP contribution is -2.61. The number of carbonyl (C=O) groups excluding carboxylic acids is 2. The molecule has 3 unspecified atom stereocenters. The van der Waals surface area contributed by atoms with Crippen molar-refractivity contribution in [2.45, 2.75) is 39.8 Å². The molecule has 0 aliphatic carbocycles. The van der Waals surface area contributed by atoms with Gasteiger partial charge in [0.05, 0.1) is 0 Å². The molecule has 0 N–H and O–H groups in total. The molecular formula is C23H32N5O2+. The number of benzene rings is 1. The highest BCUT2D eigenvalue weighted by molar-refractivity contribution is 6.23. The Morgan fingerprint density at radius 2 is 1.80 bits per heavy atom. The van der Waals surface area contributed by atoms with Gasteiger partial charge in [-0.05, 0) is 35.7 Å². The summed E-state index contributed by atoms with van der Waals surface area (Å²) in [4.78, 5) is 35.6. The molecule has 0 spiro atoms. The van der Waals surface area contributed by atoms with Crippen molar-refractivity contribution in [2.24, 2.45) is 16.8 Å². The Hall–Kier alpha value is -2.54. The Morgan fingerprint density at radius 1 is 1.10 bits per heavy atom. The molecule has 30 heavy (non-hydrogen) atoms. The third-order valence-electron chi connectivity index (χ3n) is 6.36. The number of hydrogen-bond acceptors (Lipinski definition) is 4. The predicted octanol–water partition coefficient (Wildman–Crippen LogP) is 2.19. The number of carbonyl (C=O) groups is 2. The monoisotopic (exact) mass is 410 g/mol. The molecule has 2 saturated heterocycles. The summed E-state index contributed by atoms with van der Waals surface area (Å²) in [6, 6.07) is 7.47. The average Bonchev–Trinajstić information content (AvgIpc) is 3.02. The Kier molecular flexibility index (Phi) is 5.49. The molecule has 0 bridgehead atoms. The fraction of sp³-hybridized carbons (Fsp3) is 0.565. The summed E-state index contributed by atoms with van der Waals surface area (Å²) in [5.41, 5.74) is 2.33. The molecule has 0 aromatic heterocycles. The van der Waals surface area contributed by atoms with Crippen LogP contribution >= 0.6 is 0 Å². The molecule has 3 heterocycles. The molecular weight excluding hydrogens is 378 g/mol. The van der Waals surface area contributed by atoms with Crippen LogP contribution in [0.4, 0.5) is 4.79 Å². The zero-order chi connectivity index (χ0) is 21.6. The standard InChI is InChI=1S/C23H32N5O2/c1-15-7-6-8-18(10-15)13-28-19(14-27-11-16(2)9-17(3)12-27)24-21-20(28)22(29)26(5)23(30)25(21)4/h6-8,10,16-17,20H,9,11-14H2,1-5H3/q+1. The summed E-state index contributed by atoms with van der Waals surface area (Å²) in [6.45, 7) is 10.0. The van der Waals surface area contributed by atoms with Gasteiger partial charge in [0, 0.05) is 27.2 Å². The van der Waals surface area contributed by atoms with E-state index in [0.717, 1.165) is 24.5 Å². The summed E-state index contributed by atoms with van der Waals surface area (Å²) < 4.78 is 2.09. The van der Waals surface area contributed by atoms with E-state index < -0.39 is 6.04 Å². The first-order valence-electron chi connectivity index (χ1n) is 10.8. The van der Waals surface area contributed by atoms with Gasteiger partial charge >= 0.3 is 11.9 Å². The molecule has 3 atom stereocenters. The number of fused-ring (bicyclic) bond motifs is 1. The van der Waals surface area contributed by atoms with Crippen LogP contribution in [0.25, 0.3) is 0 Å². The molecule has 7 heteroatoms. The van der Waals surface area contributed by atoms with Gasteiger partial charge in [-0.25, -0.2) is 9.37 Å². The second-order valence-electron chi connectivity index (χ2n) is 9.28. The van der Waals surface area contributed by atoms with Crippen LogP contribution in [-0.2, 0) is 11.3 Å². The van der Waals surface area contributed by atoms with Gasteiger partial charge in [0.25, 0.3) is 17.8 Å². The van der Waals surface area contributed by atoms with Crippen LogP contribution in [0.15, 0.2) is 29.3 Å². The Bertz CT molecular complexity index is 927. The third-order valence-corrected chi connectivity index (χ3v) is 6.36. The first kappa shape index (κ1) is 20.7. The van der Waals surface area contributed by atoms with Crippen LogP contribution in [0.2, 0.25) is 0 Å². The van der Waals surface area contributed by atoms with Gasteiger partial charge in [-0.1, -0.05) is 43.7 Å². The minimum absolute atomic E-state index is 0.208. The molecule has 2 fully saturated rings. The SMILES string of the molecule is Cc1cccc(C[N+]2=C(CN3CC(C)CC(C)C3)N=C3C2C(=O)N(C)C(=O)N3C)c1. The minimum atomic E-state index is -0.548. The van der Waals surface area contributed by atoms with Gasteiger partial charge in [0.15, 0.2) is 0 Å². The van der Waals surface area contributed by atoms with Crippen molar-refractivity contribution < 1.29 is 14.2 Å². The van der Waals surface area contributed by atoms with Gasteiger partial charge in [0.2, 0.25) is 0 Å². The highest BCUT2D eigenvalue weighted by atomic mass is 16.2. The number of likely N-dealkylation sites (tertiary alicyclic amines) is 1. The maximum Gasteiger partial charge on any atom is 0.333 e. The molecule has 4 rings (SSSR count). The van der Waals surface area contributed by atoms with Crippen molar-refractivity contribution in [3.63, 3.8) is 0 Å². The average molecular weight is 411 g/mol.